The highest BCUT2D eigenvalue weighted by Crippen LogP contribution is 2.35. The summed E-state index contributed by atoms with van der Waals surface area (Å²) in [5.41, 5.74) is 3.39. The summed E-state index contributed by atoms with van der Waals surface area (Å²) in [4.78, 5) is 22.9. The van der Waals surface area contributed by atoms with Crippen LogP contribution in [0.25, 0.3) is 11.0 Å². The number of hydrogen-bond acceptors (Lipinski definition) is 8. The molecule has 178 valence electrons. The lowest BCUT2D eigenvalue weighted by Crippen LogP contribution is -2.26. The van der Waals surface area contributed by atoms with E-state index in [0.29, 0.717) is 55.7 Å². The number of ether oxygens (including phenoxy) is 4. The van der Waals surface area contributed by atoms with Crippen LogP contribution in [0.15, 0.2) is 42.6 Å². The van der Waals surface area contributed by atoms with E-state index >= 15 is 0 Å². The van der Waals surface area contributed by atoms with Gasteiger partial charge < -0.3 is 24.1 Å². The molecule has 9 heteroatoms. The van der Waals surface area contributed by atoms with E-state index in [2.05, 4.69) is 9.97 Å². The Morgan fingerprint density at radius 3 is 2.88 bits per heavy atom. The topological polar surface area (TPSA) is 103 Å². The van der Waals surface area contributed by atoms with Gasteiger partial charge in [0.2, 0.25) is 5.88 Å². The third kappa shape index (κ3) is 4.70. The van der Waals surface area contributed by atoms with Crippen LogP contribution in [0, 0.1) is 0 Å². The van der Waals surface area contributed by atoms with Gasteiger partial charge in [0, 0.05) is 24.8 Å². The molecule has 1 amide bonds. The first-order valence-electron chi connectivity index (χ1n) is 11.4. The fourth-order valence-corrected chi connectivity index (χ4v) is 4.38. The lowest BCUT2D eigenvalue weighted by Gasteiger charge is -2.21. The normalized spacial score (nSPS) is 18.1. The van der Waals surface area contributed by atoms with E-state index in [1.807, 2.05) is 18.2 Å². The molecule has 5 rings (SSSR count). The maximum Gasteiger partial charge on any atom is 0.414 e. The van der Waals surface area contributed by atoms with Crippen LogP contribution in [0.2, 0.25) is 0 Å². The Morgan fingerprint density at radius 1 is 1.18 bits per heavy atom. The number of carbonyl (C=O) groups excluding carboxylic acids is 1. The highest BCUT2D eigenvalue weighted by molar-refractivity contribution is 5.90. The molecule has 0 saturated carbocycles. The van der Waals surface area contributed by atoms with Crippen molar-refractivity contribution >= 4 is 22.8 Å². The van der Waals surface area contributed by atoms with Crippen molar-refractivity contribution in [3.63, 3.8) is 0 Å². The first kappa shape index (κ1) is 22.2. The van der Waals surface area contributed by atoms with E-state index in [1.165, 1.54) is 0 Å². The molecule has 0 bridgehead atoms. The smallest absolute Gasteiger partial charge is 0.414 e. The Kier molecular flexibility index (Phi) is 6.35. The Labute approximate surface area is 197 Å². The number of cyclic esters (lactones) is 1. The molecule has 1 fully saturated rings. The van der Waals surface area contributed by atoms with Crippen molar-refractivity contribution in [1.82, 2.24) is 9.97 Å². The number of hydrogen-bond donors (Lipinski definition) is 1. The minimum Gasteiger partial charge on any atom is -0.486 e. The first-order chi connectivity index (χ1) is 16.6. The molecule has 9 nitrogen and oxygen atoms in total. The predicted molar refractivity (Wildman–Crippen MR) is 125 cm³/mol. The van der Waals surface area contributed by atoms with Gasteiger partial charge in [-0.2, -0.15) is 0 Å². The highest BCUT2D eigenvalue weighted by atomic mass is 16.6. The molecule has 2 atom stereocenters. The van der Waals surface area contributed by atoms with Gasteiger partial charge in [-0.05, 0) is 49.1 Å². The Balaban J connectivity index is 1.15. The van der Waals surface area contributed by atoms with Crippen LogP contribution in [0.3, 0.4) is 0 Å². The Bertz CT molecular complexity index is 1190. The van der Waals surface area contributed by atoms with Gasteiger partial charge in [-0.15, -0.1) is 0 Å². The van der Waals surface area contributed by atoms with E-state index in [1.54, 1.807) is 36.4 Å². The molecule has 0 radical (unpaired) electrons. The summed E-state index contributed by atoms with van der Waals surface area (Å²) in [7, 11) is 1.59. The second kappa shape index (κ2) is 9.72. The minimum atomic E-state index is -0.575. The van der Waals surface area contributed by atoms with Gasteiger partial charge in [-0.1, -0.05) is 0 Å². The van der Waals surface area contributed by atoms with Gasteiger partial charge in [0.1, 0.15) is 19.3 Å². The second-order valence-electron chi connectivity index (χ2n) is 8.42. The second-order valence-corrected chi connectivity index (χ2v) is 8.42. The minimum absolute atomic E-state index is 0.372. The molecule has 2 aliphatic heterocycles. The number of methoxy groups -OCH3 is 1. The van der Waals surface area contributed by atoms with Crippen molar-refractivity contribution < 1.29 is 28.8 Å². The summed E-state index contributed by atoms with van der Waals surface area (Å²) < 4.78 is 21.9. The number of nitrogens with zero attached hydrogens (tertiary/aromatic N) is 3. The third-order valence-corrected chi connectivity index (χ3v) is 6.08. The largest absolute Gasteiger partial charge is 0.486 e. The zero-order chi connectivity index (χ0) is 23.5. The van der Waals surface area contributed by atoms with Crippen molar-refractivity contribution in [2.75, 3.05) is 31.8 Å². The van der Waals surface area contributed by atoms with Gasteiger partial charge in [0.25, 0.3) is 0 Å². The van der Waals surface area contributed by atoms with Crippen LogP contribution in [0.4, 0.5) is 10.5 Å². The van der Waals surface area contributed by atoms with E-state index in [-0.39, 0.29) is 6.10 Å². The lowest BCUT2D eigenvalue weighted by atomic mass is 10.0. The average Bonchev–Trinajstić information content (AvgIpc) is 3.23. The number of carbonyl (C=O) groups is 1. The molecular weight excluding hydrogens is 438 g/mol. The summed E-state index contributed by atoms with van der Waals surface area (Å²) in [5, 5.41) is 10.6. The zero-order valence-corrected chi connectivity index (χ0v) is 19.0. The van der Waals surface area contributed by atoms with Gasteiger partial charge >= 0.3 is 6.09 Å². The maximum atomic E-state index is 12.4. The van der Waals surface area contributed by atoms with Crippen LogP contribution in [-0.4, -0.2) is 60.2 Å². The number of amides is 1. The summed E-state index contributed by atoms with van der Waals surface area (Å²) in [6, 6.07) is 11.0. The van der Waals surface area contributed by atoms with Gasteiger partial charge in [-0.3, -0.25) is 9.88 Å². The highest BCUT2D eigenvalue weighted by Gasteiger charge is 2.34. The third-order valence-electron chi connectivity index (χ3n) is 6.08. The fourth-order valence-electron chi connectivity index (χ4n) is 4.38. The fraction of sp³-hybridized carbons (Fsp3) is 0.400. The molecular formula is C25H27N3O6. The molecule has 3 aromatic rings. The maximum absolute atomic E-state index is 12.4. The number of aliphatic hydroxyl groups is 1. The average molecular weight is 466 g/mol. The van der Waals surface area contributed by atoms with Crippen molar-refractivity contribution in [1.29, 1.82) is 0 Å². The number of rotatable bonds is 8. The van der Waals surface area contributed by atoms with Crippen molar-refractivity contribution in [2.24, 2.45) is 0 Å². The number of pyridine rings is 2. The van der Waals surface area contributed by atoms with Gasteiger partial charge in [0.05, 0.1) is 36.5 Å². The molecule has 0 aliphatic carbocycles. The van der Waals surface area contributed by atoms with Gasteiger partial charge in [-0.25, -0.2) is 9.78 Å². The van der Waals surface area contributed by atoms with Crippen molar-refractivity contribution in [3.8, 4) is 17.4 Å². The quantitative estimate of drug-likeness (QED) is 0.539. The molecule has 4 heterocycles. The molecule has 1 aromatic carbocycles. The van der Waals surface area contributed by atoms with Crippen LogP contribution < -0.4 is 19.1 Å². The van der Waals surface area contributed by atoms with Crippen molar-refractivity contribution in [2.45, 2.75) is 37.9 Å². The summed E-state index contributed by atoms with van der Waals surface area (Å²) >= 11 is 0. The molecule has 34 heavy (non-hydrogen) atoms. The molecule has 0 unspecified atom stereocenters. The molecule has 2 aliphatic rings. The number of anilines is 1. The molecule has 2 aromatic heterocycles. The van der Waals surface area contributed by atoms with Crippen LogP contribution >= 0.6 is 0 Å². The zero-order valence-electron chi connectivity index (χ0n) is 19.0. The van der Waals surface area contributed by atoms with E-state index in [4.69, 9.17) is 18.9 Å². The van der Waals surface area contributed by atoms with Crippen molar-refractivity contribution in [3.05, 3.63) is 48.2 Å². The number of aryl methyl sites for hydroxylation is 1. The monoisotopic (exact) mass is 465 g/mol. The Morgan fingerprint density at radius 2 is 2.03 bits per heavy atom. The lowest BCUT2D eigenvalue weighted by molar-refractivity contribution is 0.0792. The first-order valence-corrected chi connectivity index (χ1v) is 11.4. The van der Waals surface area contributed by atoms with E-state index in [9.17, 15) is 9.90 Å². The standard InChI is InChI=1S/C25H27N3O6/c1-31-23-8-6-20-24(27-23)16(9-10-26-20)3-2-4-18(29)14-19-15-28(25(30)34-19)17-5-7-21-22(13-17)33-12-11-32-21/h5-10,13,18-19,29H,2-4,11-12,14-15H2,1H3/t18-,19-/m0/s1. The number of aromatic nitrogens is 2. The van der Waals surface area contributed by atoms with Crippen LogP contribution in [0.1, 0.15) is 24.8 Å². The molecule has 1 N–H and O–H groups in total. The van der Waals surface area contributed by atoms with Crippen LogP contribution in [-0.2, 0) is 11.2 Å². The van der Waals surface area contributed by atoms with E-state index in [0.717, 1.165) is 29.4 Å². The number of aliphatic hydroxyl groups excluding tert-OH is 1. The van der Waals surface area contributed by atoms with Gasteiger partial charge in [0.15, 0.2) is 11.5 Å². The molecule has 0 spiro atoms. The Hall–Kier alpha value is -3.59. The molecule has 1 saturated heterocycles. The summed E-state index contributed by atoms with van der Waals surface area (Å²) in [6.07, 6.45) is 2.90. The summed E-state index contributed by atoms with van der Waals surface area (Å²) in [5.74, 6) is 1.84. The SMILES string of the molecule is COc1ccc2nccc(CCC[C@H](O)C[C@H]3CN(c4ccc5c(c4)OCCO5)C(=O)O3)c2n1. The predicted octanol–water partition coefficient (Wildman–Crippen LogP) is 3.51. The van der Waals surface area contributed by atoms with Crippen LogP contribution in [0.5, 0.6) is 17.4 Å². The number of fused-ring (bicyclic) bond motifs is 2. The number of benzene rings is 1. The summed E-state index contributed by atoms with van der Waals surface area (Å²) in [6.45, 7) is 1.38. The van der Waals surface area contributed by atoms with E-state index < -0.39 is 12.2 Å².